The molecule has 3 aliphatic heterocycles. The van der Waals surface area contributed by atoms with Crippen molar-refractivity contribution in [3.63, 3.8) is 0 Å². The third-order valence-electron chi connectivity index (χ3n) is 8.67. The summed E-state index contributed by atoms with van der Waals surface area (Å²) in [6.07, 6.45) is 1.15. The topological polar surface area (TPSA) is 67.9 Å². The van der Waals surface area contributed by atoms with E-state index in [0.29, 0.717) is 45.7 Å². The molecule has 0 aromatic heterocycles. The summed E-state index contributed by atoms with van der Waals surface area (Å²) >= 11 is 0. The van der Waals surface area contributed by atoms with Gasteiger partial charge in [-0.2, -0.15) is 13.2 Å². The number of methoxy groups -OCH3 is 1. The van der Waals surface area contributed by atoms with E-state index in [-0.39, 0.29) is 28.6 Å². The van der Waals surface area contributed by atoms with Crippen LogP contribution in [-0.2, 0) is 24.7 Å². The number of likely N-dealkylation sites (tertiary alicyclic amines) is 1. The first-order chi connectivity index (χ1) is 19.5. The highest BCUT2D eigenvalue weighted by Gasteiger charge is 2.53. The molecule has 1 spiro atoms. The molecule has 0 radical (unpaired) electrons. The third-order valence-corrected chi connectivity index (χ3v) is 8.67. The molecule has 3 heterocycles. The van der Waals surface area contributed by atoms with Gasteiger partial charge in [-0.05, 0) is 72.1 Å². The van der Waals surface area contributed by atoms with E-state index in [9.17, 15) is 27.2 Å². The first-order valence-electron chi connectivity index (χ1n) is 13.7. The molecule has 2 aromatic rings. The van der Waals surface area contributed by atoms with E-state index in [4.69, 9.17) is 9.47 Å². The van der Waals surface area contributed by atoms with Crippen LogP contribution < -0.4 is 5.32 Å². The van der Waals surface area contributed by atoms with Crippen molar-refractivity contribution in [2.75, 3.05) is 40.0 Å². The third kappa shape index (κ3) is 6.81. The normalized spacial score (nSPS) is 22.1. The molecule has 2 unspecified atom stereocenters. The van der Waals surface area contributed by atoms with Crippen LogP contribution in [0.4, 0.5) is 17.6 Å². The Morgan fingerprint density at radius 2 is 1.83 bits per heavy atom. The number of hydrogen-bond acceptors (Lipinski definition) is 4. The van der Waals surface area contributed by atoms with Gasteiger partial charge in [-0.1, -0.05) is 36.4 Å². The fourth-order valence-electron chi connectivity index (χ4n) is 5.91. The molecular formula is C31H36F4N2O4. The van der Waals surface area contributed by atoms with Gasteiger partial charge in [0.25, 0.3) is 0 Å². The van der Waals surface area contributed by atoms with Crippen LogP contribution in [0.5, 0.6) is 0 Å². The Balaban J connectivity index is 0.000000189. The van der Waals surface area contributed by atoms with Gasteiger partial charge < -0.3 is 19.7 Å². The van der Waals surface area contributed by atoms with Gasteiger partial charge in [-0.15, -0.1) is 0 Å². The van der Waals surface area contributed by atoms with Gasteiger partial charge >= 0.3 is 6.18 Å². The quantitative estimate of drug-likeness (QED) is 0.373. The van der Waals surface area contributed by atoms with E-state index >= 15 is 0 Å². The Labute approximate surface area is 237 Å². The molecular weight excluding hydrogens is 540 g/mol. The molecule has 2 fully saturated rings. The lowest BCUT2D eigenvalue weighted by Gasteiger charge is -2.48. The monoisotopic (exact) mass is 576 g/mol. The largest absolute Gasteiger partial charge is 0.421 e. The summed E-state index contributed by atoms with van der Waals surface area (Å²) in [5.41, 5.74) is 0.569. The number of carbonyl (C=O) groups excluding carboxylic acids is 2. The maximum absolute atomic E-state index is 13.2. The minimum Gasteiger partial charge on any atom is -0.377 e. The van der Waals surface area contributed by atoms with Crippen LogP contribution in [-0.4, -0.2) is 63.4 Å². The van der Waals surface area contributed by atoms with Crippen LogP contribution in [0.15, 0.2) is 54.6 Å². The van der Waals surface area contributed by atoms with Crippen LogP contribution in [0.25, 0.3) is 5.57 Å². The number of amides is 2. The minimum absolute atomic E-state index is 0.0768. The fraction of sp³-hybridized carbons (Fsp3) is 0.484. The predicted molar refractivity (Wildman–Crippen MR) is 146 cm³/mol. The number of alkyl halides is 3. The van der Waals surface area contributed by atoms with Crippen molar-refractivity contribution in [1.29, 1.82) is 0 Å². The number of nitrogens with zero attached hydrogens (tertiary/aromatic N) is 1. The average Bonchev–Trinajstić information content (AvgIpc) is 2.98. The maximum atomic E-state index is 13.2. The number of nitrogens with one attached hydrogen (secondary N) is 1. The van der Waals surface area contributed by atoms with Crippen molar-refractivity contribution in [2.45, 2.75) is 50.3 Å². The lowest BCUT2D eigenvalue weighted by molar-refractivity contribution is -0.269. The molecule has 41 heavy (non-hydrogen) atoms. The number of carbonyl (C=O) groups is 2. The molecule has 6 nitrogen and oxygen atoms in total. The van der Waals surface area contributed by atoms with E-state index in [1.54, 1.807) is 17.0 Å². The standard InChI is InChI=1S/C16H19FN2O2.C15H17F3O2/c17-13-3-1-12(2-4-13)14-10-18-15(21)9-16(14)5-7-19(11-20)8-6-16;1-14(19-2,15(16,17)18)13-5-3-4-12(10-13)11-6-8-20-9-7-11/h1-4,11,14H,5-10H2,(H,18,21);3-6,10H,7-9H2,1-2H3. The van der Waals surface area contributed by atoms with Crippen molar-refractivity contribution >= 4 is 17.9 Å². The van der Waals surface area contributed by atoms with Gasteiger partial charge in [-0.25, -0.2) is 4.39 Å². The molecule has 2 aromatic carbocycles. The summed E-state index contributed by atoms with van der Waals surface area (Å²) in [5, 5.41) is 2.93. The molecule has 1 N–H and O–H groups in total. The second-order valence-corrected chi connectivity index (χ2v) is 11.0. The van der Waals surface area contributed by atoms with Gasteiger partial charge in [0, 0.05) is 39.1 Å². The lowest BCUT2D eigenvalue weighted by Crippen LogP contribution is -2.51. The predicted octanol–water partition coefficient (Wildman–Crippen LogP) is 5.58. The highest BCUT2D eigenvalue weighted by Crippen LogP contribution is 2.48. The number of halogens is 4. The molecule has 2 atom stereocenters. The van der Waals surface area contributed by atoms with Crippen molar-refractivity contribution in [1.82, 2.24) is 10.2 Å². The number of rotatable bonds is 5. The number of ether oxygens (including phenoxy) is 2. The number of benzene rings is 2. The van der Waals surface area contributed by atoms with Crippen LogP contribution in [0.2, 0.25) is 0 Å². The first-order valence-corrected chi connectivity index (χ1v) is 13.7. The number of piperidine rings is 2. The molecule has 2 saturated heterocycles. The van der Waals surface area contributed by atoms with Crippen LogP contribution >= 0.6 is 0 Å². The molecule has 5 rings (SSSR count). The molecule has 222 valence electrons. The van der Waals surface area contributed by atoms with Gasteiger partial charge in [0.2, 0.25) is 12.3 Å². The van der Waals surface area contributed by atoms with Crippen molar-refractivity contribution in [2.24, 2.45) is 5.41 Å². The van der Waals surface area contributed by atoms with E-state index < -0.39 is 11.8 Å². The highest BCUT2D eigenvalue weighted by atomic mass is 19.4. The number of hydrogen-bond donors (Lipinski definition) is 1. The highest BCUT2D eigenvalue weighted by molar-refractivity contribution is 5.78. The van der Waals surface area contributed by atoms with E-state index in [1.807, 2.05) is 24.3 Å². The SMILES string of the molecule is COC(C)(c1cccc(C2=CCOCC2)c1)C(F)(F)F.O=CN1CCC2(CC1)CC(=O)NCC2c1ccc(F)cc1. The molecule has 2 amide bonds. The van der Waals surface area contributed by atoms with E-state index in [1.165, 1.54) is 18.2 Å². The average molecular weight is 577 g/mol. The molecule has 3 aliphatic rings. The second-order valence-electron chi connectivity index (χ2n) is 11.0. The zero-order valence-corrected chi connectivity index (χ0v) is 23.3. The first kappa shape index (κ1) is 30.7. The van der Waals surface area contributed by atoms with Crippen LogP contribution in [0.3, 0.4) is 0 Å². The summed E-state index contributed by atoms with van der Waals surface area (Å²) in [4.78, 5) is 24.5. The molecule has 10 heteroatoms. The van der Waals surface area contributed by atoms with Crippen molar-refractivity contribution in [3.05, 3.63) is 77.1 Å². The van der Waals surface area contributed by atoms with Gasteiger partial charge in [0.1, 0.15) is 5.82 Å². The minimum atomic E-state index is -4.47. The Morgan fingerprint density at radius 1 is 1.12 bits per heavy atom. The molecule has 0 aliphatic carbocycles. The van der Waals surface area contributed by atoms with E-state index in [0.717, 1.165) is 50.0 Å². The zero-order chi connectivity index (χ0) is 29.7. The lowest BCUT2D eigenvalue weighted by atomic mass is 9.62. The van der Waals surface area contributed by atoms with Gasteiger partial charge in [0.05, 0.1) is 13.2 Å². The van der Waals surface area contributed by atoms with Gasteiger partial charge in [0.15, 0.2) is 5.60 Å². The molecule has 0 saturated carbocycles. The molecule has 0 bridgehead atoms. The summed E-state index contributed by atoms with van der Waals surface area (Å²) in [5.74, 6) is 0.0148. The fourth-order valence-corrected chi connectivity index (χ4v) is 5.91. The van der Waals surface area contributed by atoms with Gasteiger partial charge in [-0.3, -0.25) is 9.59 Å². The zero-order valence-electron chi connectivity index (χ0n) is 23.3. The summed E-state index contributed by atoms with van der Waals surface area (Å²) in [6.45, 7) is 4.11. The summed E-state index contributed by atoms with van der Waals surface area (Å²) < 4.78 is 62.7. The van der Waals surface area contributed by atoms with Crippen molar-refractivity contribution in [3.8, 4) is 0 Å². The Morgan fingerprint density at radius 3 is 2.41 bits per heavy atom. The van der Waals surface area contributed by atoms with Crippen molar-refractivity contribution < 1.29 is 36.6 Å². The second kappa shape index (κ2) is 12.7. The summed E-state index contributed by atoms with van der Waals surface area (Å²) in [6, 6.07) is 13.0. The van der Waals surface area contributed by atoms with Crippen LogP contribution in [0.1, 0.15) is 55.2 Å². The smallest absolute Gasteiger partial charge is 0.377 e. The maximum Gasteiger partial charge on any atom is 0.421 e. The summed E-state index contributed by atoms with van der Waals surface area (Å²) in [7, 11) is 1.08. The Kier molecular flexibility index (Phi) is 9.54. The van der Waals surface area contributed by atoms with E-state index in [2.05, 4.69) is 5.32 Å². The Bertz CT molecular complexity index is 1240. The van der Waals surface area contributed by atoms with Crippen LogP contribution in [0, 0.1) is 11.2 Å². The Hall–Kier alpha value is -3.24.